The average molecular weight is 419 g/mol. The third-order valence-electron chi connectivity index (χ3n) is 5.95. The molecule has 1 amide bonds. The van der Waals surface area contributed by atoms with Gasteiger partial charge in [-0.2, -0.15) is 0 Å². The predicted molar refractivity (Wildman–Crippen MR) is 119 cm³/mol. The van der Waals surface area contributed by atoms with Crippen molar-refractivity contribution in [1.29, 1.82) is 0 Å². The molecule has 160 valence electrons. The number of aryl methyl sites for hydroxylation is 3. The Morgan fingerprint density at radius 3 is 2.52 bits per heavy atom. The minimum absolute atomic E-state index is 0.104. The Labute approximate surface area is 180 Å². The summed E-state index contributed by atoms with van der Waals surface area (Å²) in [6, 6.07) is 5.89. The average Bonchev–Trinajstić information content (AvgIpc) is 3.22. The van der Waals surface area contributed by atoms with Crippen molar-refractivity contribution in [2.75, 3.05) is 18.8 Å². The van der Waals surface area contributed by atoms with E-state index in [2.05, 4.69) is 9.97 Å². The van der Waals surface area contributed by atoms with Gasteiger partial charge in [-0.15, -0.1) is 0 Å². The lowest BCUT2D eigenvalue weighted by molar-refractivity contribution is 0.0787. The van der Waals surface area contributed by atoms with E-state index >= 15 is 0 Å². The third kappa shape index (κ3) is 3.93. The van der Waals surface area contributed by atoms with Crippen molar-refractivity contribution in [3.05, 3.63) is 69.2 Å². The number of amides is 1. The number of pyridine rings is 2. The Bertz CT molecular complexity index is 1220. The number of hydrogen-bond acceptors (Lipinski definition) is 6. The van der Waals surface area contributed by atoms with Crippen LogP contribution in [0.2, 0.25) is 0 Å². The Morgan fingerprint density at radius 2 is 1.81 bits per heavy atom. The van der Waals surface area contributed by atoms with Crippen LogP contribution in [-0.2, 0) is 7.05 Å². The molecule has 4 rings (SSSR count). The van der Waals surface area contributed by atoms with Crippen LogP contribution in [0.15, 0.2) is 35.4 Å². The SMILES string of the molecule is Cc1cc(-c2cnc(N)nc2)cc([C@@H]2CCN(C(=O)c3c(C)cc(C)n(C)c3=O)C2)n1. The predicted octanol–water partition coefficient (Wildman–Crippen LogP) is 2.37. The number of nitrogens with zero attached hydrogens (tertiary/aromatic N) is 5. The first-order valence-corrected chi connectivity index (χ1v) is 10.3. The molecule has 4 heterocycles. The van der Waals surface area contributed by atoms with Crippen molar-refractivity contribution in [1.82, 2.24) is 24.4 Å². The Morgan fingerprint density at radius 1 is 1.10 bits per heavy atom. The van der Waals surface area contributed by atoms with E-state index in [0.717, 1.165) is 34.6 Å². The summed E-state index contributed by atoms with van der Waals surface area (Å²) in [5.41, 5.74) is 10.8. The van der Waals surface area contributed by atoms with Gasteiger partial charge in [-0.25, -0.2) is 9.97 Å². The first kappa shape index (κ1) is 20.7. The zero-order valence-corrected chi connectivity index (χ0v) is 18.2. The number of carbonyl (C=O) groups is 1. The van der Waals surface area contributed by atoms with Gasteiger partial charge in [0, 0.05) is 61.1 Å². The lowest BCUT2D eigenvalue weighted by atomic mass is 9.99. The van der Waals surface area contributed by atoms with Gasteiger partial charge >= 0.3 is 0 Å². The van der Waals surface area contributed by atoms with Crippen molar-refractivity contribution in [2.45, 2.75) is 33.1 Å². The summed E-state index contributed by atoms with van der Waals surface area (Å²) < 4.78 is 1.52. The van der Waals surface area contributed by atoms with E-state index in [1.165, 1.54) is 4.57 Å². The minimum atomic E-state index is -0.245. The Kier molecular flexibility index (Phi) is 5.31. The first-order chi connectivity index (χ1) is 14.7. The molecule has 0 saturated carbocycles. The summed E-state index contributed by atoms with van der Waals surface area (Å²) in [5, 5.41) is 0. The third-order valence-corrected chi connectivity index (χ3v) is 5.95. The van der Waals surface area contributed by atoms with Crippen LogP contribution in [0.4, 0.5) is 5.95 Å². The molecule has 8 heteroatoms. The lowest BCUT2D eigenvalue weighted by Crippen LogP contribution is -2.36. The first-order valence-electron chi connectivity index (χ1n) is 10.3. The van der Waals surface area contributed by atoms with Crippen LogP contribution in [0.5, 0.6) is 0 Å². The summed E-state index contributed by atoms with van der Waals surface area (Å²) in [5.74, 6) is 0.129. The fourth-order valence-electron chi connectivity index (χ4n) is 4.14. The highest BCUT2D eigenvalue weighted by Crippen LogP contribution is 2.30. The van der Waals surface area contributed by atoms with Gasteiger partial charge in [0.2, 0.25) is 5.95 Å². The number of hydrogen-bond donors (Lipinski definition) is 1. The van der Waals surface area contributed by atoms with Crippen molar-refractivity contribution in [2.24, 2.45) is 7.05 Å². The molecule has 3 aromatic rings. The highest BCUT2D eigenvalue weighted by atomic mass is 16.2. The molecule has 0 bridgehead atoms. The molecule has 1 aliphatic heterocycles. The maximum Gasteiger partial charge on any atom is 0.263 e. The molecule has 8 nitrogen and oxygen atoms in total. The number of nitrogen functional groups attached to an aromatic ring is 1. The van der Waals surface area contributed by atoms with Crippen LogP contribution < -0.4 is 11.3 Å². The Balaban J connectivity index is 1.60. The van der Waals surface area contributed by atoms with Crippen LogP contribution in [0.25, 0.3) is 11.1 Å². The van der Waals surface area contributed by atoms with E-state index in [9.17, 15) is 9.59 Å². The van der Waals surface area contributed by atoms with Gasteiger partial charge in [-0.3, -0.25) is 14.6 Å². The normalized spacial score (nSPS) is 16.0. The monoisotopic (exact) mass is 418 g/mol. The summed E-state index contributed by atoms with van der Waals surface area (Å²) in [4.78, 5) is 40.5. The topological polar surface area (TPSA) is 107 Å². The van der Waals surface area contributed by atoms with Crippen LogP contribution >= 0.6 is 0 Å². The quantitative estimate of drug-likeness (QED) is 0.700. The molecule has 1 aliphatic rings. The summed E-state index contributed by atoms with van der Waals surface area (Å²) >= 11 is 0. The standard InChI is InChI=1S/C23H26N6O2/c1-13-7-15(3)28(4)21(30)20(13)22(31)29-6-5-16(12-29)19-9-17(8-14(2)27-19)18-10-25-23(24)26-11-18/h7-11,16H,5-6,12H2,1-4H3,(H2,24,25,26)/t16-/m1/s1. The van der Waals surface area contributed by atoms with Crippen LogP contribution in [0, 0.1) is 20.8 Å². The van der Waals surface area contributed by atoms with E-state index in [1.54, 1.807) is 24.3 Å². The molecule has 0 aromatic carbocycles. The minimum Gasteiger partial charge on any atom is -0.368 e. The van der Waals surface area contributed by atoms with E-state index in [4.69, 9.17) is 10.7 Å². The number of anilines is 1. The zero-order valence-electron chi connectivity index (χ0n) is 18.2. The smallest absolute Gasteiger partial charge is 0.263 e. The fourth-order valence-corrected chi connectivity index (χ4v) is 4.14. The molecule has 1 saturated heterocycles. The maximum atomic E-state index is 13.2. The molecule has 3 aromatic heterocycles. The van der Waals surface area contributed by atoms with Crippen LogP contribution in [0.3, 0.4) is 0 Å². The second-order valence-electron chi connectivity index (χ2n) is 8.20. The van der Waals surface area contributed by atoms with Gasteiger partial charge in [0.15, 0.2) is 0 Å². The molecular formula is C23H26N6O2. The molecule has 1 atom stereocenters. The highest BCUT2D eigenvalue weighted by molar-refractivity contribution is 5.95. The molecule has 0 unspecified atom stereocenters. The lowest BCUT2D eigenvalue weighted by Gasteiger charge is -2.19. The number of rotatable bonds is 3. The number of carbonyl (C=O) groups excluding carboxylic acids is 1. The second kappa shape index (κ2) is 7.94. The molecule has 0 aliphatic carbocycles. The molecule has 2 N–H and O–H groups in total. The molecular weight excluding hydrogens is 392 g/mol. The molecule has 0 spiro atoms. The van der Waals surface area contributed by atoms with Gasteiger partial charge < -0.3 is 15.2 Å². The number of likely N-dealkylation sites (tertiary alicyclic amines) is 1. The van der Waals surface area contributed by atoms with Gasteiger partial charge in [0.1, 0.15) is 5.56 Å². The van der Waals surface area contributed by atoms with Crippen molar-refractivity contribution in [3.63, 3.8) is 0 Å². The maximum absolute atomic E-state index is 13.2. The molecule has 1 fully saturated rings. The molecule has 0 radical (unpaired) electrons. The highest BCUT2D eigenvalue weighted by Gasteiger charge is 2.31. The van der Waals surface area contributed by atoms with Gasteiger partial charge in [0.25, 0.3) is 11.5 Å². The van der Waals surface area contributed by atoms with Crippen molar-refractivity contribution in [3.8, 4) is 11.1 Å². The van der Waals surface area contributed by atoms with Crippen LogP contribution in [-0.4, -0.2) is 43.4 Å². The van der Waals surface area contributed by atoms with Crippen molar-refractivity contribution >= 4 is 11.9 Å². The van der Waals surface area contributed by atoms with E-state index in [1.807, 2.05) is 39.0 Å². The summed E-state index contributed by atoms with van der Waals surface area (Å²) in [6.45, 7) is 6.75. The fraction of sp³-hybridized carbons (Fsp3) is 0.348. The van der Waals surface area contributed by atoms with Gasteiger partial charge in [-0.1, -0.05) is 0 Å². The second-order valence-corrected chi connectivity index (χ2v) is 8.20. The zero-order chi connectivity index (χ0) is 22.3. The largest absolute Gasteiger partial charge is 0.368 e. The van der Waals surface area contributed by atoms with E-state index in [-0.39, 0.29) is 28.9 Å². The van der Waals surface area contributed by atoms with Gasteiger partial charge in [0.05, 0.1) is 0 Å². The number of aromatic nitrogens is 4. The van der Waals surface area contributed by atoms with Gasteiger partial charge in [-0.05, 0) is 56.5 Å². The van der Waals surface area contributed by atoms with Crippen LogP contribution in [0.1, 0.15) is 45.3 Å². The molecule has 31 heavy (non-hydrogen) atoms. The number of nitrogens with two attached hydrogens (primary N) is 1. The van der Waals surface area contributed by atoms with Crippen molar-refractivity contribution < 1.29 is 4.79 Å². The summed E-state index contributed by atoms with van der Waals surface area (Å²) in [6.07, 6.45) is 4.19. The Hall–Kier alpha value is -3.55. The van der Waals surface area contributed by atoms with E-state index in [0.29, 0.717) is 18.7 Å². The van der Waals surface area contributed by atoms with E-state index < -0.39 is 0 Å². The summed E-state index contributed by atoms with van der Waals surface area (Å²) in [7, 11) is 1.69.